The number of rotatable bonds is 6. The number of nitrogens with zero attached hydrogens (tertiary/aromatic N) is 3. The Hall–Kier alpha value is -2.50. The Bertz CT molecular complexity index is 685. The number of carbonyl (C=O) groups is 1. The van der Waals surface area contributed by atoms with Crippen LogP contribution in [0.15, 0.2) is 36.7 Å². The molecule has 1 aromatic heterocycles. The Morgan fingerprint density at radius 1 is 1.46 bits per heavy atom. The molecule has 0 fully saturated rings. The molecule has 1 atom stereocenters. The van der Waals surface area contributed by atoms with Crippen LogP contribution in [-0.4, -0.2) is 47.9 Å². The second-order valence-corrected chi connectivity index (χ2v) is 6.04. The van der Waals surface area contributed by atoms with E-state index in [-0.39, 0.29) is 11.8 Å². The SMILES string of the molecule is COc1cccc2c1OCC(C(=O)N(C)CCCn1cccn1)C2. The van der Waals surface area contributed by atoms with E-state index in [1.807, 2.05) is 42.2 Å². The summed E-state index contributed by atoms with van der Waals surface area (Å²) in [6, 6.07) is 7.71. The molecule has 1 amide bonds. The molecule has 0 bridgehead atoms. The van der Waals surface area contributed by atoms with E-state index in [1.165, 1.54) is 0 Å². The number of methoxy groups -OCH3 is 1. The van der Waals surface area contributed by atoms with Crippen LogP contribution in [0.25, 0.3) is 0 Å². The van der Waals surface area contributed by atoms with Gasteiger partial charge in [0.05, 0.1) is 13.0 Å². The Labute approximate surface area is 142 Å². The number of hydrogen-bond donors (Lipinski definition) is 0. The third-order valence-corrected chi connectivity index (χ3v) is 4.34. The van der Waals surface area contributed by atoms with Crippen molar-refractivity contribution in [3.8, 4) is 11.5 Å². The lowest BCUT2D eigenvalue weighted by atomic mass is 9.95. The molecule has 1 aliphatic rings. The van der Waals surface area contributed by atoms with E-state index in [1.54, 1.807) is 18.2 Å². The minimum atomic E-state index is -0.140. The number of fused-ring (bicyclic) bond motifs is 1. The maximum Gasteiger partial charge on any atom is 0.229 e. The number of aromatic nitrogens is 2. The number of aryl methyl sites for hydroxylation is 1. The average molecular weight is 329 g/mol. The number of amides is 1. The van der Waals surface area contributed by atoms with Gasteiger partial charge >= 0.3 is 0 Å². The summed E-state index contributed by atoms with van der Waals surface area (Å²) in [4.78, 5) is 14.4. The summed E-state index contributed by atoms with van der Waals surface area (Å²) in [6.07, 6.45) is 5.26. The number of hydrogen-bond acceptors (Lipinski definition) is 4. The Morgan fingerprint density at radius 2 is 2.33 bits per heavy atom. The van der Waals surface area contributed by atoms with E-state index in [4.69, 9.17) is 9.47 Å². The van der Waals surface area contributed by atoms with Crippen molar-refractivity contribution < 1.29 is 14.3 Å². The number of para-hydroxylation sites is 1. The topological polar surface area (TPSA) is 56.6 Å². The first-order chi connectivity index (χ1) is 11.7. The van der Waals surface area contributed by atoms with Gasteiger partial charge in [0.2, 0.25) is 5.91 Å². The normalized spacial score (nSPS) is 16.2. The molecule has 0 N–H and O–H groups in total. The highest BCUT2D eigenvalue weighted by Crippen LogP contribution is 2.36. The molecule has 128 valence electrons. The van der Waals surface area contributed by atoms with Crippen LogP contribution < -0.4 is 9.47 Å². The molecule has 0 radical (unpaired) electrons. The van der Waals surface area contributed by atoms with Gasteiger partial charge in [-0.1, -0.05) is 12.1 Å². The highest BCUT2D eigenvalue weighted by Gasteiger charge is 2.29. The first kappa shape index (κ1) is 16.4. The largest absolute Gasteiger partial charge is 0.493 e. The van der Waals surface area contributed by atoms with Crippen molar-refractivity contribution in [1.29, 1.82) is 0 Å². The predicted octanol–water partition coefficient (Wildman–Crippen LogP) is 1.99. The van der Waals surface area contributed by atoms with Crippen molar-refractivity contribution in [2.45, 2.75) is 19.4 Å². The molecule has 1 aromatic carbocycles. The lowest BCUT2D eigenvalue weighted by Crippen LogP contribution is -2.39. The molecule has 24 heavy (non-hydrogen) atoms. The highest BCUT2D eigenvalue weighted by atomic mass is 16.5. The Kier molecular flexibility index (Phi) is 5.03. The van der Waals surface area contributed by atoms with Crippen molar-refractivity contribution >= 4 is 5.91 Å². The zero-order valence-corrected chi connectivity index (χ0v) is 14.1. The summed E-state index contributed by atoms with van der Waals surface area (Å²) in [5.41, 5.74) is 1.03. The van der Waals surface area contributed by atoms with Gasteiger partial charge in [-0.3, -0.25) is 9.48 Å². The molecule has 6 nitrogen and oxygen atoms in total. The van der Waals surface area contributed by atoms with E-state index in [9.17, 15) is 4.79 Å². The Balaban J connectivity index is 1.55. The standard InChI is InChI=1S/C18H23N3O3/c1-20(9-5-11-21-10-4-8-19-21)18(22)15-12-14-6-3-7-16(23-2)17(14)24-13-15/h3-4,6-8,10,15H,5,9,11-13H2,1-2H3. The molecular formula is C18H23N3O3. The lowest BCUT2D eigenvalue weighted by molar-refractivity contribution is -0.135. The van der Waals surface area contributed by atoms with Gasteiger partial charge in [-0.05, 0) is 30.5 Å². The summed E-state index contributed by atoms with van der Waals surface area (Å²) in [6.45, 7) is 1.92. The second kappa shape index (κ2) is 7.38. The quantitative estimate of drug-likeness (QED) is 0.813. The molecule has 3 rings (SSSR count). The van der Waals surface area contributed by atoms with Crippen molar-refractivity contribution in [2.75, 3.05) is 27.3 Å². The van der Waals surface area contributed by atoms with Gasteiger partial charge in [0.1, 0.15) is 6.61 Å². The van der Waals surface area contributed by atoms with Gasteiger partial charge in [-0.2, -0.15) is 5.10 Å². The summed E-state index contributed by atoms with van der Waals surface area (Å²) in [5.74, 6) is 1.49. The van der Waals surface area contributed by atoms with Crippen LogP contribution >= 0.6 is 0 Å². The number of ether oxygens (including phenoxy) is 2. The molecule has 1 aliphatic heterocycles. The van der Waals surface area contributed by atoms with Gasteiger partial charge in [0.25, 0.3) is 0 Å². The van der Waals surface area contributed by atoms with E-state index in [2.05, 4.69) is 5.10 Å². The van der Waals surface area contributed by atoms with Crippen molar-refractivity contribution in [2.24, 2.45) is 5.92 Å². The Morgan fingerprint density at radius 3 is 3.08 bits per heavy atom. The summed E-state index contributed by atoms with van der Waals surface area (Å²) in [7, 11) is 3.48. The molecule has 2 heterocycles. The van der Waals surface area contributed by atoms with E-state index in [0.717, 1.165) is 30.0 Å². The maximum absolute atomic E-state index is 12.6. The van der Waals surface area contributed by atoms with Crippen LogP contribution in [0.2, 0.25) is 0 Å². The molecule has 0 saturated carbocycles. The molecule has 0 aliphatic carbocycles. The first-order valence-electron chi connectivity index (χ1n) is 8.20. The predicted molar refractivity (Wildman–Crippen MR) is 90.2 cm³/mol. The van der Waals surface area contributed by atoms with Gasteiger partial charge in [-0.15, -0.1) is 0 Å². The van der Waals surface area contributed by atoms with Crippen LogP contribution in [0.3, 0.4) is 0 Å². The summed E-state index contributed by atoms with van der Waals surface area (Å²) >= 11 is 0. The van der Waals surface area contributed by atoms with Crippen LogP contribution in [0.4, 0.5) is 0 Å². The minimum absolute atomic E-state index is 0.129. The van der Waals surface area contributed by atoms with Crippen molar-refractivity contribution in [3.05, 3.63) is 42.2 Å². The highest BCUT2D eigenvalue weighted by molar-refractivity contribution is 5.79. The van der Waals surface area contributed by atoms with E-state index < -0.39 is 0 Å². The molecule has 1 unspecified atom stereocenters. The van der Waals surface area contributed by atoms with Crippen LogP contribution in [0, 0.1) is 5.92 Å². The van der Waals surface area contributed by atoms with Gasteiger partial charge in [0, 0.05) is 32.5 Å². The van der Waals surface area contributed by atoms with Crippen molar-refractivity contribution in [1.82, 2.24) is 14.7 Å². The molecule has 0 spiro atoms. The summed E-state index contributed by atoms with van der Waals surface area (Å²) in [5, 5.41) is 4.17. The lowest BCUT2D eigenvalue weighted by Gasteiger charge is -2.29. The first-order valence-corrected chi connectivity index (χ1v) is 8.20. The zero-order valence-electron chi connectivity index (χ0n) is 14.1. The average Bonchev–Trinajstić information content (AvgIpc) is 3.13. The minimum Gasteiger partial charge on any atom is -0.493 e. The molecule has 2 aromatic rings. The summed E-state index contributed by atoms with van der Waals surface area (Å²) < 4.78 is 13.0. The van der Waals surface area contributed by atoms with E-state index >= 15 is 0 Å². The van der Waals surface area contributed by atoms with Crippen LogP contribution in [0.5, 0.6) is 11.5 Å². The number of carbonyl (C=O) groups excluding carboxylic acids is 1. The fraction of sp³-hybridized carbons (Fsp3) is 0.444. The van der Waals surface area contributed by atoms with Gasteiger partial charge in [-0.25, -0.2) is 0 Å². The zero-order chi connectivity index (χ0) is 16.9. The third-order valence-electron chi connectivity index (χ3n) is 4.34. The number of benzene rings is 1. The fourth-order valence-corrected chi connectivity index (χ4v) is 3.04. The molecular weight excluding hydrogens is 306 g/mol. The molecule has 6 heteroatoms. The maximum atomic E-state index is 12.6. The third kappa shape index (κ3) is 3.53. The monoisotopic (exact) mass is 329 g/mol. The van der Waals surface area contributed by atoms with Crippen LogP contribution in [0.1, 0.15) is 12.0 Å². The van der Waals surface area contributed by atoms with Crippen LogP contribution in [-0.2, 0) is 17.8 Å². The second-order valence-electron chi connectivity index (χ2n) is 6.04. The van der Waals surface area contributed by atoms with Crippen molar-refractivity contribution in [3.63, 3.8) is 0 Å². The molecule has 0 saturated heterocycles. The van der Waals surface area contributed by atoms with E-state index in [0.29, 0.717) is 19.6 Å². The fourth-order valence-electron chi connectivity index (χ4n) is 3.04. The smallest absolute Gasteiger partial charge is 0.229 e. The van der Waals surface area contributed by atoms with Gasteiger partial charge in [0.15, 0.2) is 11.5 Å². The van der Waals surface area contributed by atoms with Gasteiger partial charge < -0.3 is 14.4 Å².